The van der Waals surface area contributed by atoms with Crippen molar-refractivity contribution in [2.45, 2.75) is 37.6 Å². The van der Waals surface area contributed by atoms with Gasteiger partial charge >= 0.3 is 0 Å². The Hall–Kier alpha value is -0.430. The normalized spacial score (nSPS) is 15.5. The summed E-state index contributed by atoms with van der Waals surface area (Å²) in [4.78, 5) is 0.235. The van der Waals surface area contributed by atoms with Crippen molar-refractivity contribution in [2.24, 2.45) is 11.7 Å². The summed E-state index contributed by atoms with van der Waals surface area (Å²) in [6.45, 7) is 6.18. The highest BCUT2D eigenvalue weighted by atomic mass is 79.9. The smallest absolute Gasteiger partial charge is 0.242 e. The maximum Gasteiger partial charge on any atom is 0.242 e. The molecule has 1 atom stereocenters. The van der Waals surface area contributed by atoms with Crippen LogP contribution in [0.5, 0.6) is 0 Å². The molecule has 0 heterocycles. The van der Waals surface area contributed by atoms with Crippen molar-refractivity contribution >= 4 is 26.0 Å². The lowest BCUT2D eigenvalue weighted by atomic mass is 9.92. The zero-order chi connectivity index (χ0) is 14.7. The number of nitrogens with two attached hydrogens (primary N) is 1. The van der Waals surface area contributed by atoms with Crippen molar-refractivity contribution in [3.63, 3.8) is 0 Å². The van der Waals surface area contributed by atoms with Crippen molar-refractivity contribution in [2.75, 3.05) is 6.54 Å². The van der Waals surface area contributed by atoms with E-state index in [0.717, 1.165) is 0 Å². The van der Waals surface area contributed by atoms with Crippen LogP contribution in [-0.4, -0.2) is 20.5 Å². The molecule has 1 rings (SSSR count). The maximum absolute atomic E-state index is 12.4. The van der Waals surface area contributed by atoms with Gasteiger partial charge in [-0.1, -0.05) is 26.0 Å². The number of nitrogens with one attached hydrogen (secondary N) is 1. The largest absolute Gasteiger partial charge is 0.329 e. The summed E-state index contributed by atoms with van der Waals surface area (Å²) < 4.78 is 28.1. The number of hydrogen-bond acceptors (Lipinski definition) is 3. The van der Waals surface area contributed by atoms with E-state index in [1.54, 1.807) is 24.3 Å². The van der Waals surface area contributed by atoms with Gasteiger partial charge in [0.1, 0.15) is 0 Å². The zero-order valence-electron chi connectivity index (χ0n) is 11.5. The maximum atomic E-state index is 12.4. The van der Waals surface area contributed by atoms with Gasteiger partial charge in [0.25, 0.3) is 0 Å². The highest BCUT2D eigenvalue weighted by Gasteiger charge is 2.30. The van der Waals surface area contributed by atoms with Crippen molar-refractivity contribution in [3.05, 3.63) is 28.7 Å². The standard InChI is InChI=1S/C13H21BrN2O2S/c1-10(2)8-13(3,9-15)16-19(17,18)12-7-5-4-6-11(12)14/h4-7,10,16H,8-9,15H2,1-3H3. The molecule has 0 aliphatic carbocycles. The van der Waals surface area contributed by atoms with Crippen LogP contribution < -0.4 is 10.5 Å². The number of halogens is 1. The number of rotatable bonds is 6. The van der Waals surface area contributed by atoms with E-state index in [4.69, 9.17) is 5.73 Å². The van der Waals surface area contributed by atoms with Crippen LogP contribution in [0, 0.1) is 5.92 Å². The SMILES string of the molecule is CC(C)CC(C)(CN)NS(=O)(=O)c1ccccc1Br. The highest BCUT2D eigenvalue weighted by molar-refractivity contribution is 9.10. The predicted octanol–water partition coefficient (Wildman–Crippen LogP) is 2.49. The monoisotopic (exact) mass is 348 g/mol. The van der Waals surface area contributed by atoms with Gasteiger partial charge in [-0.3, -0.25) is 0 Å². The Morgan fingerprint density at radius 2 is 1.95 bits per heavy atom. The van der Waals surface area contributed by atoms with Crippen molar-refractivity contribution < 1.29 is 8.42 Å². The van der Waals surface area contributed by atoms with Gasteiger partial charge in [0, 0.05) is 16.6 Å². The molecule has 0 fully saturated rings. The van der Waals surface area contributed by atoms with Crippen LogP contribution in [-0.2, 0) is 10.0 Å². The minimum absolute atomic E-state index is 0.235. The first-order chi connectivity index (χ1) is 8.70. The minimum Gasteiger partial charge on any atom is -0.329 e. The topological polar surface area (TPSA) is 72.2 Å². The lowest BCUT2D eigenvalue weighted by molar-refractivity contribution is 0.344. The van der Waals surface area contributed by atoms with Gasteiger partial charge in [0.15, 0.2) is 0 Å². The lowest BCUT2D eigenvalue weighted by Gasteiger charge is -2.30. The summed E-state index contributed by atoms with van der Waals surface area (Å²) in [5, 5.41) is 0. The number of sulfonamides is 1. The quantitative estimate of drug-likeness (QED) is 0.829. The first-order valence-electron chi connectivity index (χ1n) is 6.19. The van der Waals surface area contributed by atoms with Crippen molar-refractivity contribution in [1.29, 1.82) is 0 Å². The molecule has 1 unspecified atom stereocenters. The van der Waals surface area contributed by atoms with Gasteiger partial charge in [0.05, 0.1) is 4.90 Å². The zero-order valence-corrected chi connectivity index (χ0v) is 13.9. The number of benzene rings is 1. The Morgan fingerprint density at radius 3 is 2.42 bits per heavy atom. The first kappa shape index (κ1) is 16.6. The Bertz CT molecular complexity index is 531. The molecule has 19 heavy (non-hydrogen) atoms. The van der Waals surface area contributed by atoms with Crippen LogP contribution in [0.15, 0.2) is 33.6 Å². The third-order valence-electron chi connectivity index (χ3n) is 2.82. The fraction of sp³-hybridized carbons (Fsp3) is 0.538. The van der Waals surface area contributed by atoms with E-state index in [9.17, 15) is 8.42 Å². The highest BCUT2D eigenvalue weighted by Crippen LogP contribution is 2.24. The second-order valence-corrected chi connectivity index (χ2v) is 7.90. The van der Waals surface area contributed by atoms with Gasteiger partial charge < -0.3 is 5.73 Å². The second-order valence-electron chi connectivity index (χ2n) is 5.40. The third kappa shape index (κ3) is 4.56. The molecule has 1 aromatic carbocycles. The molecule has 3 N–H and O–H groups in total. The van der Waals surface area contributed by atoms with Crippen LogP contribution in [0.4, 0.5) is 0 Å². The predicted molar refractivity (Wildman–Crippen MR) is 81.4 cm³/mol. The van der Waals surface area contributed by atoms with E-state index in [2.05, 4.69) is 20.7 Å². The Balaban J connectivity index is 3.06. The van der Waals surface area contributed by atoms with Crippen molar-refractivity contribution in [3.8, 4) is 0 Å². The van der Waals surface area contributed by atoms with Gasteiger partial charge in [-0.15, -0.1) is 0 Å². The summed E-state index contributed by atoms with van der Waals surface area (Å²) in [7, 11) is -3.58. The summed E-state index contributed by atoms with van der Waals surface area (Å²) in [6.07, 6.45) is 0.688. The summed E-state index contributed by atoms with van der Waals surface area (Å²) in [6, 6.07) is 6.75. The molecular formula is C13H21BrN2O2S. The molecule has 0 aliphatic heterocycles. The molecule has 108 valence electrons. The summed E-state index contributed by atoms with van der Waals surface area (Å²) in [5.41, 5.74) is 5.10. The molecule has 0 spiro atoms. The molecule has 6 heteroatoms. The molecule has 4 nitrogen and oxygen atoms in total. The van der Waals surface area contributed by atoms with Crippen LogP contribution in [0.3, 0.4) is 0 Å². The van der Waals surface area contributed by atoms with E-state index in [0.29, 0.717) is 16.8 Å². The molecular weight excluding hydrogens is 328 g/mol. The Kier molecular flexibility index (Phi) is 5.55. The molecule has 0 aromatic heterocycles. The first-order valence-corrected chi connectivity index (χ1v) is 8.46. The molecule has 0 saturated carbocycles. The fourth-order valence-corrected chi connectivity index (χ4v) is 4.54. The summed E-state index contributed by atoms with van der Waals surface area (Å²) >= 11 is 3.26. The molecule has 0 bridgehead atoms. The Labute approximate surface area is 124 Å². The van der Waals surface area contributed by atoms with Gasteiger partial charge in [-0.05, 0) is 47.3 Å². The fourth-order valence-electron chi connectivity index (χ4n) is 2.11. The van der Waals surface area contributed by atoms with Gasteiger partial charge in [-0.25, -0.2) is 13.1 Å². The van der Waals surface area contributed by atoms with E-state index in [1.807, 2.05) is 20.8 Å². The van der Waals surface area contributed by atoms with Crippen LogP contribution >= 0.6 is 15.9 Å². The van der Waals surface area contributed by atoms with Crippen molar-refractivity contribution in [1.82, 2.24) is 4.72 Å². The van der Waals surface area contributed by atoms with E-state index < -0.39 is 15.6 Å². The minimum atomic E-state index is -3.58. The molecule has 0 saturated heterocycles. The Morgan fingerprint density at radius 1 is 1.37 bits per heavy atom. The van der Waals surface area contributed by atoms with Gasteiger partial charge in [0.2, 0.25) is 10.0 Å². The molecule has 0 radical (unpaired) electrons. The average Bonchev–Trinajstić information content (AvgIpc) is 2.27. The molecule has 0 amide bonds. The second kappa shape index (κ2) is 6.35. The average molecular weight is 349 g/mol. The van der Waals surface area contributed by atoms with Gasteiger partial charge in [-0.2, -0.15) is 0 Å². The molecule has 0 aliphatic rings. The van der Waals surface area contributed by atoms with Crippen LogP contribution in [0.25, 0.3) is 0 Å². The third-order valence-corrected chi connectivity index (χ3v) is 5.47. The van der Waals surface area contributed by atoms with Crippen LogP contribution in [0.2, 0.25) is 0 Å². The van der Waals surface area contributed by atoms with Crippen LogP contribution in [0.1, 0.15) is 27.2 Å². The molecule has 1 aromatic rings. The lowest BCUT2D eigenvalue weighted by Crippen LogP contribution is -2.52. The summed E-state index contributed by atoms with van der Waals surface area (Å²) in [5.74, 6) is 0.357. The van der Waals surface area contributed by atoms with E-state index in [-0.39, 0.29) is 11.4 Å². The van der Waals surface area contributed by atoms with E-state index >= 15 is 0 Å². The number of hydrogen-bond donors (Lipinski definition) is 2. The van der Waals surface area contributed by atoms with E-state index in [1.165, 1.54) is 0 Å².